The summed E-state index contributed by atoms with van der Waals surface area (Å²) in [6, 6.07) is 2.02. The average Bonchev–Trinajstić information content (AvgIpc) is 2.18. The summed E-state index contributed by atoms with van der Waals surface area (Å²) in [6.07, 6.45) is 0.459. The van der Waals surface area contributed by atoms with Crippen LogP contribution in [0.5, 0.6) is 0 Å². The Morgan fingerprint density at radius 3 is 2.86 bits per heavy atom. The summed E-state index contributed by atoms with van der Waals surface area (Å²) in [6.45, 7) is 2.48. The van der Waals surface area contributed by atoms with Crippen molar-refractivity contribution in [2.24, 2.45) is 0 Å². The molecule has 0 aromatic rings. The second-order valence-corrected chi connectivity index (χ2v) is 4.03. The molecule has 0 aliphatic rings. The minimum Gasteiger partial charge on any atom is -0.462 e. The molecule has 1 unspecified atom stereocenters. The molecule has 0 heterocycles. The van der Waals surface area contributed by atoms with Crippen LogP contribution < -0.4 is 0 Å². The maximum atomic E-state index is 11.2. The zero-order valence-corrected chi connectivity index (χ0v) is 9.30. The number of thioether (sulfide) groups is 1. The number of nitriles is 1. The summed E-state index contributed by atoms with van der Waals surface area (Å²) in [5.41, 5.74) is 0. The molecule has 0 rings (SSSR count). The molecule has 1 atom stereocenters. The maximum absolute atomic E-state index is 11.2. The summed E-state index contributed by atoms with van der Waals surface area (Å²) in [4.78, 5) is 11.2. The highest BCUT2D eigenvalue weighted by Crippen LogP contribution is 2.12. The summed E-state index contributed by atoms with van der Waals surface area (Å²) in [5, 5.41) is 8.09. The van der Waals surface area contributed by atoms with Crippen molar-refractivity contribution in [2.45, 2.75) is 18.6 Å². The summed E-state index contributed by atoms with van der Waals surface area (Å²) < 4.78 is 9.65. The van der Waals surface area contributed by atoms with Crippen LogP contribution in [0.15, 0.2) is 0 Å². The van der Waals surface area contributed by atoms with E-state index in [9.17, 15) is 4.79 Å². The molecule has 0 aromatic carbocycles. The molecule has 0 saturated carbocycles. The fraction of sp³-hybridized carbons (Fsp3) is 0.778. The molecule has 4 nitrogen and oxygen atoms in total. The van der Waals surface area contributed by atoms with E-state index in [4.69, 9.17) is 14.7 Å². The van der Waals surface area contributed by atoms with Gasteiger partial charge in [-0.15, -0.1) is 11.8 Å². The van der Waals surface area contributed by atoms with E-state index in [1.165, 1.54) is 11.8 Å². The van der Waals surface area contributed by atoms with Gasteiger partial charge in [-0.2, -0.15) is 5.26 Å². The van der Waals surface area contributed by atoms with E-state index in [-0.39, 0.29) is 11.2 Å². The van der Waals surface area contributed by atoms with Crippen LogP contribution in [0.2, 0.25) is 0 Å². The standard InChI is InChI=1S/C9H15NO3S/c1-8(14-7-3-4-10)9(11)13-6-5-12-2/h8H,3,5-7H2,1-2H3. The lowest BCUT2D eigenvalue weighted by molar-refractivity contribution is -0.143. The van der Waals surface area contributed by atoms with Crippen molar-refractivity contribution in [1.29, 1.82) is 5.26 Å². The minimum atomic E-state index is -0.245. The molecule has 0 aliphatic heterocycles. The van der Waals surface area contributed by atoms with Gasteiger partial charge in [0.1, 0.15) is 6.61 Å². The van der Waals surface area contributed by atoms with Crippen LogP contribution in [0, 0.1) is 11.3 Å². The van der Waals surface area contributed by atoms with Gasteiger partial charge in [-0.1, -0.05) is 0 Å². The topological polar surface area (TPSA) is 59.3 Å². The molecular weight excluding hydrogens is 202 g/mol. The molecule has 0 radical (unpaired) electrons. The van der Waals surface area contributed by atoms with Crippen LogP contribution in [0.3, 0.4) is 0 Å². The monoisotopic (exact) mass is 217 g/mol. The lowest BCUT2D eigenvalue weighted by atomic mass is 10.5. The maximum Gasteiger partial charge on any atom is 0.318 e. The second kappa shape index (κ2) is 8.85. The predicted molar refractivity (Wildman–Crippen MR) is 55.0 cm³/mol. The number of carbonyl (C=O) groups excluding carboxylic acids is 1. The molecule has 0 spiro atoms. The third kappa shape index (κ3) is 6.75. The number of hydrogen-bond acceptors (Lipinski definition) is 5. The van der Waals surface area contributed by atoms with E-state index < -0.39 is 0 Å². The van der Waals surface area contributed by atoms with Crippen molar-refractivity contribution in [1.82, 2.24) is 0 Å². The fourth-order valence-electron chi connectivity index (χ4n) is 0.692. The first-order chi connectivity index (χ1) is 6.72. The predicted octanol–water partition coefficient (Wildman–Crippen LogP) is 1.21. The summed E-state index contributed by atoms with van der Waals surface area (Å²) in [5.74, 6) is 0.418. The van der Waals surface area contributed by atoms with E-state index in [0.29, 0.717) is 25.4 Å². The number of hydrogen-bond donors (Lipinski definition) is 0. The lowest BCUT2D eigenvalue weighted by Crippen LogP contribution is -2.19. The second-order valence-electron chi connectivity index (χ2n) is 2.58. The SMILES string of the molecule is COCCOC(=O)C(C)SCCC#N. The smallest absolute Gasteiger partial charge is 0.318 e. The van der Waals surface area contributed by atoms with Gasteiger partial charge in [0.2, 0.25) is 0 Å². The number of methoxy groups -OCH3 is 1. The Hall–Kier alpha value is -0.730. The first-order valence-electron chi connectivity index (χ1n) is 4.36. The fourth-order valence-corrected chi connectivity index (χ4v) is 1.46. The molecule has 0 amide bonds. The number of rotatable bonds is 7. The largest absolute Gasteiger partial charge is 0.462 e. The van der Waals surface area contributed by atoms with Gasteiger partial charge >= 0.3 is 5.97 Å². The minimum absolute atomic E-state index is 0.208. The third-order valence-corrected chi connectivity index (χ3v) is 2.58. The van der Waals surface area contributed by atoms with E-state index in [0.717, 1.165) is 0 Å². The molecule has 0 bridgehead atoms. The summed E-state index contributed by atoms with van der Waals surface area (Å²) in [7, 11) is 1.55. The molecule has 5 heteroatoms. The van der Waals surface area contributed by atoms with Crippen LogP contribution in [-0.4, -0.2) is 37.3 Å². The molecule has 80 valence electrons. The van der Waals surface area contributed by atoms with E-state index in [2.05, 4.69) is 0 Å². The van der Waals surface area contributed by atoms with E-state index in [1.54, 1.807) is 14.0 Å². The van der Waals surface area contributed by atoms with Crippen molar-refractivity contribution in [3.63, 3.8) is 0 Å². The molecule has 0 fully saturated rings. The first kappa shape index (κ1) is 13.3. The molecule has 0 aromatic heterocycles. The van der Waals surface area contributed by atoms with Crippen molar-refractivity contribution in [2.75, 3.05) is 26.1 Å². The van der Waals surface area contributed by atoms with Gasteiger partial charge in [-0.3, -0.25) is 4.79 Å². The number of carbonyl (C=O) groups is 1. The zero-order valence-electron chi connectivity index (χ0n) is 8.49. The first-order valence-corrected chi connectivity index (χ1v) is 5.41. The highest BCUT2D eigenvalue weighted by molar-refractivity contribution is 8.00. The van der Waals surface area contributed by atoms with Gasteiger partial charge in [-0.05, 0) is 6.92 Å². The molecular formula is C9H15NO3S. The van der Waals surface area contributed by atoms with Gasteiger partial charge in [0.25, 0.3) is 0 Å². The highest BCUT2D eigenvalue weighted by Gasteiger charge is 2.13. The normalized spacial score (nSPS) is 11.8. The Labute approximate surface area is 88.6 Å². The quantitative estimate of drug-likeness (QED) is 0.474. The van der Waals surface area contributed by atoms with Crippen LogP contribution in [-0.2, 0) is 14.3 Å². The zero-order chi connectivity index (χ0) is 10.8. The van der Waals surface area contributed by atoms with Crippen LogP contribution in [0.25, 0.3) is 0 Å². The van der Waals surface area contributed by atoms with Crippen LogP contribution in [0.4, 0.5) is 0 Å². The van der Waals surface area contributed by atoms with Gasteiger partial charge < -0.3 is 9.47 Å². The van der Waals surface area contributed by atoms with Crippen LogP contribution in [0.1, 0.15) is 13.3 Å². The molecule has 0 N–H and O–H groups in total. The van der Waals surface area contributed by atoms with Crippen molar-refractivity contribution in [3.8, 4) is 6.07 Å². The van der Waals surface area contributed by atoms with Gasteiger partial charge in [0.05, 0.1) is 17.9 Å². The Kier molecular flexibility index (Phi) is 8.39. The van der Waals surface area contributed by atoms with Gasteiger partial charge in [-0.25, -0.2) is 0 Å². The Morgan fingerprint density at radius 1 is 1.57 bits per heavy atom. The number of nitrogens with zero attached hydrogens (tertiary/aromatic N) is 1. The Bertz CT molecular complexity index is 203. The van der Waals surface area contributed by atoms with Crippen molar-refractivity contribution < 1.29 is 14.3 Å². The van der Waals surface area contributed by atoms with Gasteiger partial charge in [0.15, 0.2) is 0 Å². The van der Waals surface area contributed by atoms with Gasteiger partial charge in [0, 0.05) is 19.3 Å². The van der Waals surface area contributed by atoms with Crippen LogP contribution >= 0.6 is 11.8 Å². The van der Waals surface area contributed by atoms with E-state index >= 15 is 0 Å². The molecule has 0 saturated heterocycles. The molecule has 14 heavy (non-hydrogen) atoms. The van der Waals surface area contributed by atoms with Crippen molar-refractivity contribution >= 4 is 17.7 Å². The average molecular weight is 217 g/mol. The molecule has 0 aliphatic carbocycles. The van der Waals surface area contributed by atoms with Crippen molar-refractivity contribution in [3.05, 3.63) is 0 Å². The Morgan fingerprint density at radius 2 is 2.29 bits per heavy atom. The van der Waals surface area contributed by atoms with E-state index in [1.807, 2.05) is 6.07 Å². The lowest BCUT2D eigenvalue weighted by Gasteiger charge is -2.09. The Balaban J connectivity index is 3.50. The summed E-state index contributed by atoms with van der Waals surface area (Å²) >= 11 is 1.43. The number of esters is 1. The third-order valence-electron chi connectivity index (χ3n) is 1.45. The number of ether oxygens (including phenoxy) is 2. The highest BCUT2D eigenvalue weighted by atomic mass is 32.2.